The Kier molecular flexibility index (Phi) is 5.01. The van der Waals surface area contributed by atoms with Crippen molar-refractivity contribution in [2.75, 3.05) is 0 Å². The Bertz CT molecular complexity index is 936. The summed E-state index contributed by atoms with van der Waals surface area (Å²) < 4.78 is 1.01. The summed E-state index contributed by atoms with van der Waals surface area (Å²) >= 11 is 0. The summed E-state index contributed by atoms with van der Waals surface area (Å²) in [5, 5.41) is 11.0. The predicted octanol–water partition coefficient (Wildman–Crippen LogP) is 2.35. The van der Waals surface area contributed by atoms with Crippen LogP contribution in [0.25, 0.3) is 0 Å². The fraction of sp³-hybridized carbons (Fsp3) is 0.353. The van der Waals surface area contributed by atoms with Gasteiger partial charge in [-0.25, -0.2) is 0 Å². The number of H-pyrrole nitrogens is 1. The number of ketones is 2. The van der Waals surface area contributed by atoms with E-state index in [9.17, 15) is 24.5 Å². The second kappa shape index (κ2) is 6.84. The largest absolute Gasteiger partial charge is 0.355 e. The number of Topliss-reactive ketones (excluding diaryl/α,β-unsaturated/α-hetero) is 2. The molecule has 25 heavy (non-hydrogen) atoms. The molecule has 1 N–H and O–H groups in total. The van der Waals surface area contributed by atoms with E-state index in [1.165, 1.54) is 13.8 Å². The van der Waals surface area contributed by atoms with Crippen molar-refractivity contribution in [2.45, 2.75) is 40.7 Å². The number of nitrogens with one attached hydrogen (secondary N) is 1. The fourth-order valence-electron chi connectivity index (χ4n) is 2.95. The van der Waals surface area contributed by atoms with Crippen LogP contribution >= 0.6 is 0 Å². The maximum Gasteiger partial charge on any atom is 0.288 e. The highest BCUT2D eigenvalue weighted by Gasteiger charge is 2.22. The third-order valence-electron chi connectivity index (χ3n) is 4.09. The van der Waals surface area contributed by atoms with E-state index in [-0.39, 0.29) is 29.3 Å². The Hall–Kier alpha value is -3.03. The van der Waals surface area contributed by atoms with Crippen molar-refractivity contribution >= 4 is 17.3 Å². The number of carbonyl (C=O) groups is 2. The second-order valence-corrected chi connectivity index (χ2v) is 5.88. The standard InChI is InChI=1S/C17H19N3O5/c1-5-12-16(11(4)21)10(3)18-17(12)14(22)8-19-7-13(20(24)25)9(2)6-15(19)23/h6-7,18H,5,8H2,1-4H3. The second-order valence-electron chi connectivity index (χ2n) is 5.88. The van der Waals surface area contributed by atoms with Crippen LogP contribution in [0.15, 0.2) is 17.1 Å². The molecule has 2 aromatic heterocycles. The molecule has 8 nitrogen and oxygen atoms in total. The van der Waals surface area contributed by atoms with E-state index >= 15 is 0 Å². The van der Waals surface area contributed by atoms with E-state index in [1.807, 2.05) is 6.92 Å². The molecule has 2 heterocycles. The van der Waals surface area contributed by atoms with Gasteiger partial charge in [0.2, 0.25) is 0 Å². The molecule has 0 saturated heterocycles. The van der Waals surface area contributed by atoms with Crippen molar-refractivity contribution in [1.29, 1.82) is 0 Å². The minimum atomic E-state index is -0.597. The van der Waals surface area contributed by atoms with Gasteiger partial charge in [-0.05, 0) is 32.8 Å². The van der Waals surface area contributed by atoms with E-state index in [1.54, 1.807) is 6.92 Å². The van der Waals surface area contributed by atoms with Crippen molar-refractivity contribution in [3.8, 4) is 0 Å². The first-order valence-electron chi connectivity index (χ1n) is 7.78. The first kappa shape index (κ1) is 18.3. The normalized spacial score (nSPS) is 10.7. The molecule has 132 valence electrons. The van der Waals surface area contributed by atoms with Gasteiger partial charge in [0.15, 0.2) is 11.6 Å². The zero-order valence-electron chi connectivity index (χ0n) is 14.5. The van der Waals surface area contributed by atoms with Crippen LogP contribution in [-0.4, -0.2) is 26.0 Å². The molecule has 0 aliphatic heterocycles. The molecule has 8 heteroatoms. The summed E-state index contributed by atoms with van der Waals surface area (Å²) in [5.74, 6) is -0.555. The molecule has 0 saturated carbocycles. The van der Waals surface area contributed by atoms with Gasteiger partial charge in [-0.1, -0.05) is 6.92 Å². The molecule has 0 unspecified atom stereocenters. The highest BCUT2D eigenvalue weighted by atomic mass is 16.6. The molecule has 0 amide bonds. The minimum absolute atomic E-state index is 0.146. The summed E-state index contributed by atoms with van der Waals surface area (Å²) in [6.07, 6.45) is 1.55. The molecule has 0 spiro atoms. The summed E-state index contributed by atoms with van der Waals surface area (Å²) in [5.41, 5.74) is 1.45. The summed E-state index contributed by atoms with van der Waals surface area (Å²) in [4.78, 5) is 49.8. The topological polar surface area (TPSA) is 115 Å². The van der Waals surface area contributed by atoms with Crippen molar-refractivity contribution in [3.63, 3.8) is 0 Å². The van der Waals surface area contributed by atoms with Crippen LogP contribution in [0.1, 0.15) is 51.5 Å². The third-order valence-corrected chi connectivity index (χ3v) is 4.09. The van der Waals surface area contributed by atoms with E-state index in [4.69, 9.17) is 0 Å². The van der Waals surface area contributed by atoms with Crippen LogP contribution in [0.5, 0.6) is 0 Å². The van der Waals surface area contributed by atoms with Gasteiger partial charge in [0, 0.05) is 22.9 Å². The van der Waals surface area contributed by atoms with Crippen LogP contribution in [0.2, 0.25) is 0 Å². The average Bonchev–Trinajstić information content (AvgIpc) is 2.86. The molecule has 0 radical (unpaired) electrons. The minimum Gasteiger partial charge on any atom is -0.355 e. The molecule has 0 aliphatic rings. The van der Waals surface area contributed by atoms with Crippen LogP contribution in [0.4, 0.5) is 5.69 Å². The maximum absolute atomic E-state index is 12.6. The van der Waals surface area contributed by atoms with Crippen molar-refractivity contribution in [1.82, 2.24) is 9.55 Å². The maximum atomic E-state index is 12.6. The highest BCUT2D eigenvalue weighted by Crippen LogP contribution is 2.21. The number of aromatic nitrogens is 2. The number of carbonyl (C=O) groups excluding carboxylic acids is 2. The monoisotopic (exact) mass is 345 g/mol. The van der Waals surface area contributed by atoms with E-state index in [2.05, 4.69) is 4.98 Å². The van der Waals surface area contributed by atoms with Gasteiger partial charge in [-0.3, -0.25) is 24.5 Å². The molecular formula is C17H19N3O5. The number of pyridine rings is 1. The number of rotatable bonds is 6. The van der Waals surface area contributed by atoms with Crippen LogP contribution in [0.3, 0.4) is 0 Å². The molecular weight excluding hydrogens is 326 g/mol. The lowest BCUT2D eigenvalue weighted by Crippen LogP contribution is -2.25. The van der Waals surface area contributed by atoms with E-state index in [0.717, 1.165) is 16.8 Å². The number of aryl methyl sites for hydroxylation is 2. The van der Waals surface area contributed by atoms with Crippen LogP contribution in [-0.2, 0) is 13.0 Å². The zero-order valence-corrected chi connectivity index (χ0v) is 14.5. The van der Waals surface area contributed by atoms with Crippen LogP contribution in [0, 0.1) is 24.0 Å². The van der Waals surface area contributed by atoms with Crippen molar-refractivity contribution in [2.24, 2.45) is 0 Å². The molecule has 0 fully saturated rings. The lowest BCUT2D eigenvalue weighted by atomic mass is 10.0. The van der Waals surface area contributed by atoms with Gasteiger partial charge in [0.05, 0.1) is 23.4 Å². The molecule has 0 atom stereocenters. The van der Waals surface area contributed by atoms with E-state index in [0.29, 0.717) is 23.2 Å². The fourth-order valence-corrected chi connectivity index (χ4v) is 2.95. The first-order valence-corrected chi connectivity index (χ1v) is 7.78. The lowest BCUT2D eigenvalue weighted by molar-refractivity contribution is -0.385. The third kappa shape index (κ3) is 3.42. The van der Waals surface area contributed by atoms with Crippen molar-refractivity contribution in [3.05, 3.63) is 60.8 Å². The smallest absolute Gasteiger partial charge is 0.288 e. The first-order chi connectivity index (χ1) is 11.7. The Morgan fingerprint density at radius 2 is 1.96 bits per heavy atom. The van der Waals surface area contributed by atoms with Crippen LogP contribution < -0.4 is 5.56 Å². The Morgan fingerprint density at radius 3 is 2.48 bits per heavy atom. The number of nitro groups is 1. The summed E-state index contributed by atoms with van der Waals surface area (Å²) in [7, 11) is 0. The zero-order chi connectivity index (χ0) is 18.9. The molecule has 0 bridgehead atoms. The SMILES string of the molecule is CCc1c(C(=O)Cn2cc([N+](=O)[O-])c(C)cc2=O)[nH]c(C)c1C(C)=O. The average molecular weight is 345 g/mol. The number of nitrogens with zero attached hydrogens (tertiary/aromatic N) is 2. The summed E-state index contributed by atoms with van der Waals surface area (Å²) in [6.45, 7) is 6.08. The molecule has 2 rings (SSSR count). The van der Waals surface area contributed by atoms with E-state index < -0.39 is 16.3 Å². The van der Waals surface area contributed by atoms with Gasteiger partial charge < -0.3 is 9.55 Å². The Labute approximate surface area is 143 Å². The Balaban J connectivity index is 2.47. The number of hydrogen-bond donors (Lipinski definition) is 1. The highest BCUT2D eigenvalue weighted by molar-refractivity contribution is 6.03. The molecule has 2 aromatic rings. The van der Waals surface area contributed by atoms with Gasteiger partial charge in [0.1, 0.15) is 0 Å². The number of aromatic amines is 1. The quantitative estimate of drug-likeness (QED) is 0.490. The Morgan fingerprint density at radius 1 is 1.32 bits per heavy atom. The van der Waals surface area contributed by atoms with Gasteiger partial charge in [0.25, 0.3) is 11.2 Å². The lowest BCUT2D eigenvalue weighted by Gasteiger charge is -2.07. The number of hydrogen-bond acceptors (Lipinski definition) is 5. The van der Waals surface area contributed by atoms with Gasteiger partial charge in [-0.2, -0.15) is 0 Å². The predicted molar refractivity (Wildman–Crippen MR) is 91.3 cm³/mol. The van der Waals surface area contributed by atoms with Gasteiger partial charge in [-0.15, -0.1) is 0 Å². The molecule has 0 aromatic carbocycles. The molecule has 0 aliphatic carbocycles. The summed E-state index contributed by atoms with van der Waals surface area (Å²) in [6, 6.07) is 1.13. The van der Waals surface area contributed by atoms with Gasteiger partial charge >= 0.3 is 0 Å². The van der Waals surface area contributed by atoms with Crippen molar-refractivity contribution < 1.29 is 14.5 Å².